The zero-order valence-corrected chi connectivity index (χ0v) is 8.62. The lowest BCUT2D eigenvalue weighted by molar-refractivity contribution is 0.285. The molecule has 0 aliphatic carbocycles. The van der Waals surface area contributed by atoms with Crippen molar-refractivity contribution in [2.24, 2.45) is 4.99 Å². The molecule has 4 nitrogen and oxygen atoms in total. The molecule has 0 spiro atoms. The lowest BCUT2D eigenvalue weighted by atomic mass is 10.3. The number of hydrogen-bond acceptors (Lipinski definition) is 4. The first kappa shape index (κ1) is 10.8. The van der Waals surface area contributed by atoms with Crippen molar-refractivity contribution < 1.29 is 4.74 Å². The molecule has 0 aromatic rings. The van der Waals surface area contributed by atoms with Crippen molar-refractivity contribution in [3.8, 4) is 0 Å². The molecule has 0 atom stereocenters. The third kappa shape index (κ3) is 2.88. The zero-order valence-electron chi connectivity index (χ0n) is 8.62. The number of nitrogens with one attached hydrogen (secondary N) is 1. The van der Waals surface area contributed by atoms with Gasteiger partial charge in [-0.2, -0.15) is 0 Å². The van der Waals surface area contributed by atoms with Gasteiger partial charge in [0, 0.05) is 32.3 Å². The van der Waals surface area contributed by atoms with Crippen LogP contribution in [0.4, 0.5) is 0 Å². The van der Waals surface area contributed by atoms with Gasteiger partial charge in [0.1, 0.15) is 11.6 Å². The summed E-state index contributed by atoms with van der Waals surface area (Å²) in [5.74, 6) is 1.43. The van der Waals surface area contributed by atoms with Gasteiger partial charge >= 0.3 is 0 Å². The van der Waals surface area contributed by atoms with Crippen LogP contribution in [-0.2, 0) is 4.74 Å². The number of allylic oxidation sites excluding steroid dienone is 1. The fourth-order valence-electron chi connectivity index (χ4n) is 1.33. The molecule has 1 aliphatic heterocycles. The predicted octanol–water partition coefficient (Wildman–Crippen LogP) is 0.594. The SMILES string of the molecule is C=N/C(=C\C(=C)OC)N1CCNCC1. The Bertz CT molecular complexity index is 242. The number of methoxy groups -OCH3 is 1. The summed E-state index contributed by atoms with van der Waals surface area (Å²) in [7, 11) is 1.59. The van der Waals surface area contributed by atoms with E-state index in [0.717, 1.165) is 32.0 Å². The fraction of sp³-hybridized carbons (Fsp3) is 0.500. The molecule has 1 N–H and O–H groups in total. The van der Waals surface area contributed by atoms with E-state index in [1.807, 2.05) is 0 Å². The van der Waals surface area contributed by atoms with Gasteiger partial charge in [-0.25, -0.2) is 4.99 Å². The van der Waals surface area contributed by atoms with E-state index < -0.39 is 0 Å². The number of ether oxygens (including phenoxy) is 1. The summed E-state index contributed by atoms with van der Waals surface area (Å²) in [6.07, 6.45) is 1.80. The van der Waals surface area contributed by atoms with Gasteiger partial charge in [-0.3, -0.25) is 0 Å². The van der Waals surface area contributed by atoms with Crippen molar-refractivity contribution in [2.75, 3.05) is 33.3 Å². The van der Waals surface area contributed by atoms with Gasteiger partial charge in [-0.15, -0.1) is 0 Å². The average molecular weight is 195 g/mol. The minimum Gasteiger partial charge on any atom is -0.497 e. The van der Waals surface area contributed by atoms with Crippen LogP contribution in [0.25, 0.3) is 0 Å². The monoisotopic (exact) mass is 195 g/mol. The largest absolute Gasteiger partial charge is 0.497 e. The molecule has 0 radical (unpaired) electrons. The summed E-state index contributed by atoms with van der Waals surface area (Å²) in [6, 6.07) is 0. The lowest BCUT2D eigenvalue weighted by Crippen LogP contribution is -2.42. The van der Waals surface area contributed by atoms with Gasteiger partial charge in [0.2, 0.25) is 0 Å². The third-order valence-corrected chi connectivity index (χ3v) is 2.16. The second-order valence-corrected chi connectivity index (χ2v) is 3.07. The third-order valence-electron chi connectivity index (χ3n) is 2.16. The minimum absolute atomic E-state index is 0.603. The first-order valence-corrected chi connectivity index (χ1v) is 4.65. The first-order valence-electron chi connectivity index (χ1n) is 4.65. The van der Waals surface area contributed by atoms with E-state index in [2.05, 4.69) is 28.5 Å². The number of hydrogen-bond donors (Lipinski definition) is 1. The molecule has 1 rings (SSSR count). The van der Waals surface area contributed by atoms with E-state index in [1.54, 1.807) is 13.2 Å². The van der Waals surface area contributed by atoms with E-state index in [1.165, 1.54) is 0 Å². The van der Waals surface area contributed by atoms with E-state index in [-0.39, 0.29) is 0 Å². The van der Waals surface area contributed by atoms with Crippen LogP contribution in [0.15, 0.2) is 29.2 Å². The molecule has 0 aromatic carbocycles. The molecular weight excluding hydrogens is 178 g/mol. The number of rotatable bonds is 4. The smallest absolute Gasteiger partial charge is 0.131 e. The maximum absolute atomic E-state index is 4.97. The Morgan fingerprint density at radius 1 is 1.50 bits per heavy atom. The van der Waals surface area contributed by atoms with E-state index in [0.29, 0.717) is 5.76 Å². The van der Waals surface area contributed by atoms with Crippen LogP contribution in [0.1, 0.15) is 0 Å². The molecule has 0 aromatic heterocycles. The van der Waals surface area contributed by atoms with Crippen molar-refractivity contribution in [2.45, 2.75) is 0 Å². The molecule has 0 bridgehead atoms. The van der Waals surface area contributed by atoms with Crippen LogP contribution in [0.3, 0.4) is 0 Å². The van der Waals surface area contributed by atoms with E-state index >= 15 is 0 Å². The number of aliphatic imine (C=N–C) groups is 1. The highest BCUT2D eigenvalue weighted by atomic mass is 16.5. The summed E-state index contributed by atoms with van der Waals surface area (Å²) in [6.45, 7) is 11.1. The summed E-state index contributed by atoms with van der Waals surface area (Å²) in [4.78, 5) is 6.13. The Morgan fingerprint density at radius 3 is 2.64 bits per heavy atom. The molecule has 1 heterocycles. The van der Waals surface area contributed by atoms with Gasteiger partial charge < -0.3 is 15.0 Å². The van der Waals surface area contributed by atoms with Crippen LogP contribution in [0, 0.1) is 0 Å². The molecule has 0 saturated carbocycles. The summed E-state index contributed by atoms with van der Waals surface area (Å²) in [5, 5.41) is 3.28. The highest BCUT2D eigenvalue weighted by Crippen LogP contribution is 2.09. The Hall–Kier alpha value is -1.29. The van der Waals surface area contributed by atoms with Crippen LogP contribution >= 0.6 is 0 Å². The molecule has 14 heavy (non-hydrogen) atoms. The van der Waals surface area contributed by atoms with Crippen LogP contribution in [-0.4, -0.2) is 44.9 Å². The molecule has 0 amide bonds. The molecule has 0 unspecified atom stereocenters. The van der Waals surface area contributed by atoms with Gasteiger partial charge in [-0.1, -0.05) is 6.58 Å². The average Bonchev–Trinajstić information content (AvgIpc) is 2.26. The van der Waals surface area contributed by atoms with Gasteiger partial charge in [0.15, 0.2) is 0 Å². The summed E-state index contributed by atoms with van der Waals surface area (Å²) >= 11 is 0. The van der Waals surface area contributed by atoms with Crippen molar-refractivity contribution >= 4 is 6.72 Å². The quantitative estimate of drug-likeness (QED) is 0.405. The van der Waals surface area contributed by atoms with Crippen molar-refractivity contribution in [3.63, 3.8) is 0 Å². The molecule has 1 aliphatic rings. The minimum atomic E-state index is 0.603. The van der Waals surface area contributed by atoms with Crippen LogP contribution in [0.2, 0.25) is 0 Å². The normalized spacial score (nSPS) is 17.8. The molecule has 78 valence electrons. The standard InChI is InChI=1S/C10H17N3O/c1-9(14-3)8-10(11-2)13-6-4-12-5-7-13/h8,12H,1-2,4-7H2,3H3/b10-8+. The Balaban J connectivity index is 2.64. The summed E-state index contributed by atoms with van der Waals surface area (Å²) < 4.78 is 4.97. The highest BCUT2D eigenvalue weighted by molar-refractivity contribution is 5.30. The molecule has 1 fully saturated rings. The Labute approximate surface area is 85.0 Å². The Morgan fingerprint density at radius 2 is 2.14 bits per heavy atom. The van der Waals surface area contributed by atoms with Crippen molar-refractivity contribution in [1.29, 1.82) is 0 Å². The van der Waals surface area contributed by atoms with Crippen LogP contribution < -0.4 is 5.32 Å². The highest BCUT2D eigenvalue weighted by Gasteiger charge is 2.11. The molecule has 4 heteroatoms. The topological polar surface area (TPSA) is 36.9 Å². The van der Waals surface area contributed by atoms with E-state index in [4.69, 9.17) is 4.74 Å². The first-order chi connectivity index (χ1) is 6.77. The molecule has 1 saturated heterocycles. The van der Waals surface area contributed by atoms with Gasteiger partial charge in [-0.05, 0) is 6.72 Å². The molecular formula is C10H17N3O. The van der Waals surface area contributed by atoms with Crippen LogP contribution in [0.5, 0.6) is 0 Å². The van der Waals surface area contributed by atoms with E-state index in [9.17, 15) is 0 Å². The summed E-state index contributed by atoms with van der Waals surface area (Å²) in [5.41, 5.74) is 0. The van der Waals surface area contributed by atoms with Gasteiger partial charge in [0.25, 0.3) is 0 Å². The zero-order chi connectivity index (χ0) is 10.4. The lowest BCUT2D eigenvalue weighted by Gasteiger charge is -2.29. The maximum atomic E-state index is 4.97. The maximum Gasteiger partial charge on any atom is 0.131 e. The second kappa shape index (κ2) is 5.44. The van der Waals surface area contributed by atoms with Crippen molar-refractivity contribution in [3.05, 3.63) is 24.2 Å². The fourth-order valence-corrected chi connectivity index (χ4v) is 1.33. The number of nitrogens with zero attached hydrogens (tertiary/aromatic N) is 2. The number of piperazine rings is 1. The second-order valence-electron chi connectivity index (χ2n) is 3.07. The van der Waals surface area contributed by atoms with Gasteiger partial charge in [0.05, 0.1) is 7.11 Å². The Kier molecular flexibility index (Phi) is 4.19. The van der Waals surface area contributed by atoms with Crippen molar-refractivity contribution in [1.82, 2.24) is 10.2 Å². The predicted molar refractivity (Wildman–Crippen MR) is 58.2 cm³/mol.